The lowest BCUT2D eigenvalue weighted by Crippen LogP contribution is -1.92. The third kappa shape index (κ3) is 6.70. The van der Waals surface area contributed by atoms with E-state index in [1.807, 2.05) is 0 Å². The lowest BCUT2D eigenvalue weighted by atomic mass is 9.93. The monoisotopic (exact) mass is 919 g/mol. The summed E-state index contributed by atoms with van der Waals surface area (Å²) in [6, 6.07) is 22.4. The zero-order valence-electron chi connectivity index (χ0n) is 43.6. The van der Waals surface area contributed by atoms with Crippen LogP contribution in [0.3, 0.4) is 0 Å². The van der Waals surface area contributed by atoms with Crippen molar-refractivity contribution in [2.75, 3.05) is 0 Å². The molecular weight excluding hydrogens is 857 g/mol. The molecule has 7 aromatic rings. The van der Waals surface area contributed by atoms with Gasteiger partial charge >= 0.3 is 0 Å². The lowest BCUT2D eigenvalue weighted by Gasteiger charge is -2.11. The van der Waals surface area contributed by atoms with Gasteiger partial charge in [-0.2, -0.15) is 0 Å². The van der Waals surface area contributed by atoms with Gasteiger partial charge in [0.25, 0.3) is 0 Å². The predicted molar refractivity (Wildman–Crippen MR) is 297 cm³/mol. The molecule has 0 unspecified atom stereocenters. The Kier molecular flexibility index (Phi) is 10.3. The van der Waals surface area contributed by atoms with Crippen molar-refractivity contribution >= 4 is 88.7 Å². The minimum Gasteiger partial charge on any atom is -0.355 e. The maximum atomic E-state index is 5.54. The quantitative estimate of drug-likeness (QED) is 0.138. The Labute approximate surface area is 410 Å². The number of nitrogens with one attached hydrogen (secondary N) is 4. The first-order chi connectivity index (χ1) is 33.3. The molecular formula is C62H62N8. The third-order valence-corrected chi connectivity index (χ3v) is 16.8. The largest absolute Gasteiger partial charge is 0.355 e. The highest BCUT2D eigenvalue weighted by Gasteiger charge is 2.25. The second kappa shape index (κ2) is 16.0. The number of aromatic nitrogens is 8. The fourth-order valence-corrected chi connectivity index (χ4v) is 10.7. The average molecular weight is 919 g/mol. The van der Waals surface area contributed by atoms with Gasteiger partial charge in [-0.15, -0.1) is 0 Å². The second-order valence-corrected chi connectivity index (χ2v) is 20.4. The molecule has 11 rings (SSSR count). The lowest BCUT2D eigenvalue weighted by molar-refractivity contribution is 1.28. The molecule has 8 heteroatoms. The van der Waals surface area contributed by atoms with Crippen LogP contribution in [0.5, 0.6) is 0 Å². The van der Waals surface area contributed by atoms with Crippen molar-refractivity contribution < 1.29 is 0 Å². The van der Waals surface area contributed by atoms with E-state index in [9.17, 15) is 0 Å². The van der Waals surface area contributed by atoms with Crippen molar-refractivity contribution in [1.29, 1.82) is 0 Å². The summed E-state index contributed by atoms with van der Waals surface area (Å²) in [6.45, 7) is 35.2. The van der Waals surface area contributed by atoms with Gasteiger partial charge in [0.1, 0.15) is 0 Å². The molecule has 70 heavy (non-hydrogen) atoms. The molecule has 0 radical (unpaired) electrons. The Bertz CT molecular complexity index is 3770. The van der Waals surface area contributed by atoms with Gasteiger partial charge in [-0.05, 0) is 247 Å². The van der Waals surface area contributed by atoms with Crippen LogP contribution in [0.15, 0.2) is 60.7 Å². The Morgan fingerprint density at radius 1 is 0.257 bits per heavy atom. The Morgan fingerprint density at radius 2 is 0.486 bits per heavy atom. The number of aromatic amines is 4. The molecule has 8 nitrogen and oxygen atoms in total. The van der Waals surface area contributed by atoms with E-state index in [0.29, 0.717) is 0 Å². The Balaban J connectivity index is 1.21. The van der Waals surface area contributed by atoms with Crippen LogP contribution in [-0.2, 0) is 0 Å². The smallest absolute Gasteiger partial charge is 0.0768 e. The van der Waals surface area contributed by atoms with Crippen LogP contribution in [0, 0.1) is 55.4 Å². The fraction of sp³-hybridized carbons (Fsp3) is 0.258. The van der Waals surface area contributed by atoms with Crippen LogP contribution in [0.1, 0.15) is 145 Å². The molecule has 0 aliphatic carbocycles. The predicted octanol–water partition coefficient (Wildman–Crippen LogP) is 16.5. The highest BCUT2D eigenvalue weighted by Crippen LogP contribution is 2.44. The van der Waals surface area contributed by atoms with Crippen LogP contribution in [0.25, 0.3) is 111 Å². The SMILES string of the molecule is CC1=C(C)c2cc3[nH]c(c(C)c3C)c(-c3ccc(-c4c5nc(cc6[nH]c(cc7nc(cc8[nH]c4c(C)c8C)C(C)=C7C)c(C)c6C)C(C)=C5C)cc3)c3nc(cc4[nH]c(cc1n2)c(C)c4C)C(C)=C3C. The fourth-order valence-electron chi connectivity index (χ4n) is 10.7. The van der Waals surface area contributed by atoms with Crippen molar-refractivity contribution in [3.8, 4) is 22.3 Å². The van der Waals surface area contributed by atoms with E-state index in [1.165, 1.54) is 66.8 Å². The van der Waals surface area contributed by atoms with Crippen LogP contribution < -0.4 is 0 Å². The molecule has 6 aromatic heterocycles. The third-order valence-electron chi connectivity index (χ3n) is 16.8. The van der Waals surface area contributed by atoms with Gasteiger partial charge in [-0.1, -0.05) is 24.3 Å². The van der Waals surface area contributed by atoms with Crippen molar-refractivity contribution in [2.45, 2.75) is 111 Å². The van der Waals surface area contributed by atoms with Gasteiger partial charge < -0.3 is 19.9 Å². The first-order valence-corrected chi connectivity index (χ1v) is 24.6. The number of H-pyrrole nitrogens is 4. The number of nitrogens with zero attached hydrogens (tertiary/aromatic N) is 4. The van der Waals surface area contributed by atoms with E-state index in [4.69, 9.17) is 19.9 Å². The van der Waals surface area contributed by atoms with E-state index in [-0.39, 0.29) is 0 Å². The molecule has 10 heterocycles. The first kappa shape index (κ1) is 44.9. The van der Waals surface area contributed by atoms with Crippen LogP contribution >= 0.6 is 0 Å². The number of allylic oxidation sites excluding steroid dienone is 8. The molecule has 4 aliphatic rings. The summed E-state index contributed by atoms with van der Waals surface area (Å²) in [5.74, 6) is 0. The van der Waals surface area contributed by atoms with Gasteiger partial charge in [0.05, 0.1) is 56.6 Å². The summed E-state index contributed by atoms with van der Waals surface area (Å²) in [5, 5.41) is 0. The molecule has 0 fully saturated rings. The highest BCUT2D eigenvalue weighted by molar-refractivity contribution is 6.04. The topological polar surface area (TPSA) is 115 Å². The number of rotatable bonds is 2. The molecule has 0 saturated carbocycles. The Hall–Kier alpha value is -7.58. The van der Waals surface area contributed by atoms with E-state index in [2.05, 4.69) is 191 Å². The van der Waals surface area contributed by atoms with E-state index < -0.39 is 0 Å². The van der Waals surface area contributed by atoms with Gasteiger partial charge in [0, 0.05) is 44.2 Å². The first-order valence-electron chi connectivity index (χ1n) is 24.6. The zero-order valence-corrected chi connectivity index (χ0v) is 43.6. The summed E-state index contributed by atoms with van der Waals surface area (Å²) < 4.78 is 0. The molecule has 16 bridgehead atoms. The zero-order chi connectivity index (χ0) is 49.5. The van der Waals surface area contributed by atoms with Crippen molar-refractivity contribution in [1.82, 2.24) is 39.9 Å². The molecule has 350 valence electrons. The van der Waals surface area contributed by atoms with E-state index >= 15 is 0 Å². The number of aryl methyl sites for hydroxylation is 8. The van der Waals surface area contributed by atoms with Crippen LogP contribution in [-0.4, -0.2) is 39.9 Å². The number of benzene rings is 1. The molecule has 0 amide bonds. The number of fused-ring (bicyclic) bond motifs is 16. The standard InChI is InChI=1S/C62H62N8/c1-27-31(5)49-23-53-35(9)39(13)59(67-53)57(60-40(14)36(10)54(68-60)24-50-32(6)28(2)46(64-50)21-45(27)63-49)43-17-19-44(20-18-43)58-61-41(15)37(11)55(69-61)25-51-33(7)29(3)47(65-51)22-48-30(4)34(8)52(66-48)26-56-38(12)42(16)62(58)70-56/h17-26,63,65,68,70H,1-16H3. The van der Waals surface area contributed by atoms with Gasteiger partial charge in [-0.3, -0.25) is 0 Å². The molecule has 0 atom stereocenters. The van der Waals surface area contributed by atoms with Crippen molar-refractivity contribution in [3.63, 3.8) is 0 Å². The number of hydrogen-bond acceptors (Lipinski definition) is 4. The summed E-state index contributed by atoms with van der Waals surface area (Å²) in [7, 11) is 0. The van der Waals surface area contributed by atoms with E-state index in [0.717, 1.165) is 134 Å². The number of hydrogen-bond donors (Lipinski definition) is 4. The Morgan fingerprint density at radius 3 is 0.771 bits per heavy atom. The molecule has 4 N–H and O–H groups in total. The summed E-state index contributed by atoms with van der Waals surface area (Å²) >= 11 is 0. The summed E-state index contributed by atoms with van der Waals surface area (Å²) in [5.41, 5.74) is 39.5. The van der Waals surface area contributed by atoms with Gasteiger partial charge in [0.2, 0.25) is 0 Å². The van der Waals surface area contributed by atoms with Crippen LogP contribution in [0.4, 0.5) is 0 Å². The maximum Gasteiger partial charge on any atom is 0.0768 e. The minimum atomic E-state index is 0.961. The molecule has 0 spiro atoms. The maximum absolute atomic E-state index is 5.54. The normalized spacial score (nSPS) is 14.1. The summed E-state index contributed by atoms with van der Waals surface area (Å²) in [4.78, 5) is 36.9. The van der Waals surface area contributed by atoms with E-state index in [1.54, 1.807) is 0 Å². The van der Waals surface area contributed by atoms with Gasteiger partial charge in [-0.25, -0.2) is 19.9 Å². The van der Waals surface area contributed by atoms with Crippen molar-refractivity contribution in [3.05, 3.63) is 151 Å². The van der Waals surface area contributed by atoms with Crippen molar-refractivity contribution in [2.24, 2.45) is 0 Å². The average Bonchev–Trinajstić information content (AvgIpc) is 4.19. The highest BCUT2D eigenvalue weighted by atomic mass is 14.8. The molecule has 4 aliphatic heterocycles. The minimum absolute atomic E-state index is 0.961. The molecule has 0 saturated heterocycles. The second-order valence-electron chi connectivity index (χ2n) is 20.4. The van der Waals surface area contributed by atoms with Crippen LogP contribution in [0.2, 0.25) is 0 Å². The van der Waals surface area contributed by atoms with Gasteiger partial charge in [0.15, 0.2) is 0 Å². The summed E-state index contributed by atoms with van der Waals surface area (Å²) in [6.07, 6.45) is 0. The molecule has 1 aromatic carbocycles.